The summed E-state index contributed by atoms with van der Waals surface area (Å²) in [6.45, 7) is 9.00. The van der Waals surface area contributed by atoms with E-state index in [1.54, 1.807) is 17.6 Å². The Morgan fingerprint density at radius 2 is 2.14 bits per heavy atom. The summed E-state index contributed by atoms with van der Waals surface area (Å²) in [7, 11) is 0. The minimum Gasteiger partial charge on any atom is -0.462 e. The van der Waals surface area contributed by atoms with Crippen molar-refractivity contribution in [2.75, 3.05) is 24.6 Å². The van der Waals surface area contributed by atoms with Gasteiger partial charge in [0.05, 0.1) is 12.8 Å². The van der Waals surface area contributed by atoms with Crippen molar-refractivity contribution < 1.29 is 19.1 Å². The fourth-order valence-electron chi connectivity index (χ4n) is 3.17. The third-order valence-electron chi connectivity index (χ3n) is 4.32. The van der Waals surface area contributed by atoms with Crippen molar-refractivity contribution in [3.63, 3.8) is 0 Å². The summed E-state index contributed by atoms with van der Waals surface area (Å²) in [4.78, 5) is 30.9. The molecule has 0 saturated carbocycles. The fraction of sp³-hybridized carbons (Fsp3) is 0.579. The molecular weight excluding hydrogens is 362 g/mol. The number of esters is 1. The minimum atomic E-state index is -0.531. The van der Waals surface area contributed by atoms with Gasteiger partial charge in [0, 0.05) is 25.3 Å². The van der Waals surface area contributed by atoms with Crippen LogP contribution in [0.2, 0.25) is 0 Å². The van der Waals surface area contributed by atoms with Gasteiger partial charge in [0.1, 0.15) is 17.0 Å². The number of carbonyl (C=O) groups is 2. The monoisotopic (exact) mass is 389 g/mol. The van der Waals surface area contributed by atoms with E-state index in [-0.39, 0.29) is 6.04 Å². The van der Waals surface area contributed by atoms with Crippen LogP contribution in [0.25, 0.3) is 5.65 Å². The average molecular weight is 389 g/mol. The Balaban J connectivity index is 1.73. The number of hydrogen-bond donors (Lipinski definition) is 1. The Hall–Kier alpha value is -2.84. The first-order chi connectivity index (χ1) is 13.3. The molecule has 9 nitrogen and oxygen atoms in total. The molecule has 1 saturated heterocycles. The molecule has 2 aromatic heterocycles. The molecule has 1 aliphatic heterocycles. The molecule has 0 radical (unpaired) electrons. The topological polar surface area (TPSA) is 98.1 Å². The molecule has 2 aromatic rings. The van der Waals surface area contributed by atoms with Crippen LogP contribution in [0.5, 0.6) is 0 Å². The minimum absolute atomic E-state index is 0.0314. The van der Waals surface area contributed by atoms with Gasteiger partial charge in [-0.15, -0.1) is 0 Å². The summed E-state index contributed by atoms with van der Waals surface area (Å²) >= 11 is 0. The molecule has 0 bridgehead atoms. The molecule has 3 heterocycles. The largest absolute Gasteiger partial charge is 0.462 e. The SMILES string of the molecule is CCOC(=O)c1cnn2ccc(N3CCC[C@@H](NC(=O)OC(C)(C)C)C3)nc12. The lowest BCUT2D eigenvalue weighted by Crippen LogP contribution is -2.49. The fourth-order valence-corrected chi connectivity index (χ4v) is 3.17. The van der Waals surface area contributed by atoms with Crippen LogP contribution in [0.1, 0.15) is 50.9 Å². The predicted molar refractivity (Wildman–Crippen MR) is 104 cm³/mol. The number of anilines is 1. The normalized spacial score (nSPS) is 17.4. The van der Waals surface area contributed by atoms with E-state index >= 15 is 0 Å². The first-order valence-corrected chi connectivity index (χ1v) is 9.53. The molecule has 1 fully saturated rings. The number of amides is 1. The Labute approximate surface area is 164 Å². The van der Waals surface area contributed by atoms with Gasteiger partial charge < -0.3 is 19.7 Å². The summed E-state index contributed by atoms with van der Waals surface area (Å²) < 4.78 is 12.0. The zero-order valence-electron chi connectivity index (χ0n) is 16.8. The molecule has 1 N–H and O–H groups in total. The van der Waals surface area contributed by atoms with Crippen LogP contribution < -0.4 is 10.2 Å². The van der Waals surface area contributed by atoms with E-state index in [0.29, 0.717) is 24.4 Å². The average Bonchev–Trinajstić information content (AvgIpc) is 3.03. The van der Waals surface area contributed by atoms with Crippen molar-refractivity contribution in [3.8, 4) is 0 Å². The van der Waals surface area contributed by atoms with Gasteiger partial charge in [0.15, 0.2) is 5.65 Å². The van der Waals surface area contributed by atoms with Crippen molar-refractivity contribution in [2.45, 2.75) is 52.2 Å². The van der Waals surface area contributed by atoms with Gasteiger partial charge in [0.2, 0.25) is 0 Å². The predicted octanol–water partition coefficient (Wildman–Crippen LogP) is 2.40. The van der Waals surface area contributed by atoms with Crippen LogP contribution in [0.15, 0.2) is 18.5 Å². The van der Waals surface area contributed by atoms with Crippen LogP contribution in [0.3, 0.4) is 0 Å². The number of nitrogens with one attached hydrogen (secondary N) is 1. The maximum atomic E-state index is 12.1. The highest BCUT2D eigenvalue weighted by molar-refractivity contribution is 5.95. The highest BCUT2D eigenvalue weighted by atomic mass is 16.6. The maximum Gasteiger partial charge on any atom is 0.407 e. The molecule has 1 aliphatic rings. The highest BCUT2D eigenvalue weighted by Crippen LogP contribution is 2.20. The lowest BCUT2D eigenvalue weighted by Gasteiger charge is -2.34. The first kappa shape index (κ1) is 19.9. The number of ether oxygens (including phenoxy) is 2. The van der Waals surface area contributed by atoms with Crippen molar-refractivity contribution >= 4 is 23.5 Å². The quantitative estimate of drug-likeness (QED) is 0.802. The van der Waals surface area contributed by atoms with Gasteiger partial charge in [0.25, 0.3) is 0 Å². The van der Waals surface area contributed by atoms with Gasteiger partial charge in [-0.1, -0.05) is 0 Å². The van der Waals surface area contributed by atoms with Crippen LogP contribution in [-0.2, 0) is 9.47 Å². The molecule has 0 unspecified atom stereocenters. The number of aromatic nitrogens is 3. The van der Waals surface area contributed by atoms with Crippen molar-refractivity contribution in [1.29, 1.82) is 0 Å². The number of nitrogens with zero attached hydrogens (tertiary/aromatic N) is 4. The van der Waals surface area contributed by atoms with E-state index in [9.17, 15) is 9.59 Å². The van der Waals surface area contributed by atoms with E-state index in [4.69, 9.17) is 9.47 Å². The number of rotatable bonds is 4. The van der Waals surface area contributed by atoms with Gasteiger partial charge in [-0.2, -0.15) is 5.10 Å². The second-order valence-corrected chi connectivity index (χ2v) is 7.76. The van der Waals surface area contributed by atoms with Crippen molar-refractivity contribution in [2.24, 2.45) is 0 Å². The second kappa shape index (κ2) is 8.04. The summed E-state index contributed by atoms with van der Waals surface area (Å²) in [5, 5.41) is 7.09. The van der Waals surface area contributed by atoms with Crippen LogP contribution >= 0.6 is 0 Å². The zero-order chi connectivity index (χ0) is 20.3. The van der Waals surface area contributed by atoms with Crippen LogP contribution in [0, 0.1) is 0 Å². The molecular formula is C19H27N5O4. The number of carbonyl (C=O) groups excluding carboxylic acids is 2. The number of hydrogen-bond acceptors (Lipinski definition) is 7. The van der Waals surface area contributed by atoms with Gasteiger partial charge >= 0.3 is 12.1 Å². The Morgan fingerprint density at radius 3 is 2.86 bits per heavy atom. The molecule has 1 atom stereocenters. The van der Waals surface area contributed by atoms with Gasteiger partial charge in [-0.3, -0.25) is 0 Å². The molecule has 0 spiro atoms. The highest BCUT2D eigenvalue weighted by Gasteiger charge is 2.25. The maximum absolute atomic E-state index is 12.1. The Kier molecular flexibility index (Phi) is 5.71. The zero-order valence-corrected chi connectivity index (χ0v) is 16.8. The summed E-state index contributed by atoms with van der Waals surface area (Å²) in [6.07, 6.45) is 4.61. The van der Waals surface area contributed by atoms with E-state index < -0.39 is 17.7 Å². The summed E-state index contributed by atoms with van der Waals surface area (Å²) in [6, 6.07) is 1.82. The standard InChI is InChI=1S/C19H27N5O4/c1-5-27-17(25)14-11-20-24-10-8-15(22-16(14)24)23-9-6-7-13(12-23)21-18(26)28-19(2,3)4/h8,10-11,13H,5-7,9,12H2,1-4H3,(H,21,26)/t13-/m1/s1. The van der Waals surface area contributed by atoms with Crippen molar-refractivity contribution in [3.05, 3.63) is 24.0 Å². The molecule has 1 amide bonds. The van der Waals surface area contributed by atoms with Gasteiger partial charge in [-0.05, 0) is 46.6 Å². The smallest absolute Gasteiger partial charge is 0.407 e. The number of alkyl carbamates (subject to hydrolysis) is 1. The Bertz CT molecular complexity index is 858. The third-order valence-corrected chi connectivity index (χ3v) is 4.32. The molecule has 152 valence electrons. The lowest BCUT2D eigenvalue weighted by atomic mass is 10.1. The molecule has 9 heteroatoms. The molecule has 0 aliphatic carbocycles. The molecule has 3 rings (SSSR count). The third kappa shape index (κ3) is 4.71. The summed E-state index contributed by atoms with van der Waals surface area (Å²) in [5.41, 5.74) is 0.263. The molecule has 28 heavy (non-hydrogen) atoms. The van der Waals surface area contributed by atoms with Crippen LogP contribution in [-0.4, -0.2) is 58.0 Å². The van der Waals surface area contributed by atoms with E-state index in [0.717, 1.165) is 25.2 Å². The number of piperidine rings is 1. The van der Waals surface area contributed by atoms with E-state index in [2.05, 4.69) is 20.3 Å². The lowest BCUT2D eigenvalue weighted by molar-refractivity contribution is 0.0496. The first-order valence-electron chi connectivity index (χ1n) is 9.53. The van der Waals surface area contributed by atoms with E-state index in [1.165, 1.54) is 6.20 Å². The van der Waals surface area contributed by atoms with E-state index in [1.807, 2.05) is 26.8 Å². The van der Waals surface area contributed by atoms with Gasteiger partial charge in [-0.25, -0.2) is 19.1 Å². The summed E-state index contributed by atoms with van der Waals surface area (Å²) in [5.74, 6) is 0.291. The van der Waals surface area contributed by atoms with Crippen molar-refractivity contribution in [1.82, 2.24) is 19.9 Å². The molecule has 0 aromatic carbocycles. The Morgan fingerprint density at radius 1 is 1.36 bits per heavy atom. The number of fused-ring (bicyclic) bond motifs is 1. The van der Waals surface area contributed by atoms with Crippen LogP contribution in [0.4, 0.5) is 10.6 Å². The second-order valence-electron chi connectivity index (χ2n) is 7.76.